The first-order chi connectivity index (χ1) is 6.29. The minimum atomic E-state index is 0.0645. The van der Waals surface area contributed by atoms with E-state index in [1.54, 1.807) is 0 Å². The zero-order chi connectivity index (χ0) is 11.4. The molecule has 0 fully saturated rings. The molecule has 0 radical (unpaired) electrons. The number of hydrogen-bond acceptors (Lipinski definition) is 1. The van der Waals surface area contributed by atoms with Gasteiger partial charge in [0.1, 0.15) is 0 Å². The van der Waals surface area contributed by atoms with Crippen molar-refractivity contribution in [3.63, 3.8) is 0 Å². The molecule has 1 amide bonds. The van der Waals surface area contributed by atoms with Crippen LogP contribution in [-0.2, 0) is 4.79 Å². The van der Waals surface area contributed by atoms with E-state index in [0.717, 1.165) is 12.8 Å². The Morgan fingerprint density at radius 3 is 2.07 bits per heavy atom. The van der Waals surface area contributed by atoms with Gasteiger partial charge in [0.15, 0.2) is 0 Å². The van der Waals surface area contributed by atoms with Crippen molar-refractivity contribution in [3.8, 4) is 0 Å². The standard InChI is InChI=1S/C12H25NO/c1-7-8-10(12(4,5)6)11(14)13-9(2)3/h9-10H,7-8H2,1-6H3,(H,13,14). The van der Waals surface area contributed by atoms with E-state index in [4.69, 9.17) is 0 Å². The van der Waals surface area contributed by atoms with Crippen LogP contribution in [0.2, 0.25) is 0 Å². The maximum absolute atomic E-state index is 11.9. The second-order valence-electron chi connectivity index (χ2n) is 5.37. The summed E-state index contributed by atoms with van der Waals surface area (Å²) in [5.74, 6) is 0.337. The molecule has 0 aromatic carbocycles. The SMILES string of the molecule is CCCC(C(=O)NC(C)C)C(C)(C)C. The molecule has 0 saturated carbocycles. The van der Waals surface area contributed by atoms with E-state index < -0.39 is 0 Å². The van der Waals surface area contributed by atoms with Gasteiger partial charge in [-0.15, -0.1) is 0 Å². The summed E-state index contributed by atoms with van der Waals surface area (Å²) < 4.78 is 0. The molecule has 1 N–H and O–H groups in total. The number of carbonyl (C=O) groups excluding carboxylic acids is 1. The summed E-state index contributed by atoms with van der Waals surface area (Å²) in [5, 5.41) is 3.00. The Kier molecular flexibility index (Phi) is 5.17. The molecule has 0 aliphatic rings. The molecule has 0 aromatic rings. The Labute approximate surface area is 88.5 Å². The maximum atomic E-state index is 11.9. The highest BCUT2D eigenvalue weighted by Crippen LogP contribution is 2.29. The summed E-state index contributed by atoms with van der Waals surface area (Å²) >= 11 is 0. The summed E-state index contributed by atoms with van der Waals surface area (Å²) in [6.45, 7) is 12.5. The largest absolute Gasteiger partial charge is 0.354 e. The van der Waals surface area contributed by atoms with Gasteiger partial charge in [0.25, 0.3) is 0 Å². The van der Waals surface area contributed by atoms with Gasteiger partial charge in [-0.25, -0.2) is 0 Å². The van der Waals surface area contributed by atoms with Crippen LogP contribution in [0.25, 0.3) is 0 Å². The maximum Gasteiger partial charge on any atom is 0.223 e. The van der Waals surface area contributed by atoms with Crippen molar-refractivity contribution in [2.45, 2.75) is 60.4 Å². The third-order valence-electron chi connectivity index (χ3n) is 2.37. The van der Waals surface area contributed by atoms with E-state index in [0.29, 0.717) is 0 Å². The molecule has 1 unspecified atom stereocenters. The van der Waals surface area contributed by atoms with Crippen molar-refractivity contribution in [3.05, 3.63) is 0 Å². The summed E-state index contributed by atoms with van der Waals surface area (Å²) in [5.41, 5.74) is 0.0645. The number of amides is 1. The van der Waals surface area contributed by atoms with Gasteiger partial charge < -0.3 is 5.32 Å². The first-order valence-electron chi connectivity index (χ1n) is 5.59. The predicted molar refractivity (Wildman–Crippen MR) is 61.1 cm³/mol. The molecular weight excluding hydrogens is 174 g/mol. The van der Waals surface area contributed by atoms with E-state index >= 15 is 0 Å². The molecule has 0 heterocycles. The van der Waals surface area contributed by atoms with Crippen LogP contribution < -0.4 is 5.32 Å². The second-order valence-corrected chi connectivity index (χ2v) is 5.37. The molecule has 84 valence electrons. The van der Waals surface area contributed by atoms with Crippen molar-refractivity contribution in [1.29, 1.82) is 0 Å². The van der Waals surface area contributed by atoms with Gasteiger partial charge in [0.2, 0.25) is 5.91 Å². The van der Waals surface area contributed by atoms with Gasteiger partial charge in [0.05, 0.1) is 0 Å². The lowest BCUT2D eigenvalue weighted by Gasteiger charge is -2.30. The predicted octanol–water partition coefficient (Wildman–Crippen LogP) is 2.97. The first kappa shape index (κ1) is 13.5. The minimum absolute atomic E-state index is 0.0645. The number of hydrogen-bond donors (Lipinski definition) is 1. The van der Waals surface area contributed by atoms with Crippen molar-refractivity contribution in [2.75, 3.05) is 0 Å². The Morgan fingerprint density at radius 1 is 1.29 bits per heavy atom. The fourth-order valence-corrected chi connectivity index (χ4v) is 1.63. The Balaban J connectivity index is 4.42. The van der Waals surface area contributed by atoms with Gasteiger partial charge in [-0.1, -0.05) is 34.1 Å². The van der Waals surface area contributed by atoms with E-state index in [1.165, 1.54) is 0 Å². The summed E-state index contributed by atoms with van der Waals surface area (Å²) in [6.07, 6.45) is 2.04. The zero-order valence-electron chi connectivity index (χ0n) is 10.5. The van der Waals surface area contributed by atoms with Crippen LogP contribution in [-0.4, -0.2) is 11.9 Å². The van der Waals surface area contributed by atoms with Gasteiger partial charge in [-0.05, 0) is 25.7 Å². The molecule has 0 aromatic heterocycles. The fraction of sp³-hybridized carbons (Fsp3) is 0.917. The lowest BCUT2D eigenvalue weighted by Crippen LogP contribution is -2.41. The van der Waals surface area contributed by atoms with Crippen molar-refractivity contribution < 1.29 is 4.79 Å². The minimum Gasteiger partial charge on any atom is -0.354 e. The third kappa shape index (κ3) is 4.64. The monoisotopic (exact) mass is 199 g/mol. The van der Waals surface area contributed by atoms with Crippen LogP contribution in [0.15, 0.2) is 0 Å². The Bertz CT molecular complexity index is 179. The highest BCUT2D eigenvalue weighted by Gasteiger charge is 2.30. The molecule has 0 spiro atoms. The molecule has 0 bridgehead atoms. The van der Waals surface area contributed by atoms with E-state index in [1.807, 2.05) is 13.8 Å². The molecule has 0 rings (SSSR count). The van der Waals surface area contributed by atoms with Crippen LogP contribution in [0.4, 0.5) is 0 Å². The highest BCUT2D eigenvalue weighted by molar-refractivity contribution is 5.79. The van der Waals surface area contributed by atoms with E-state index in [2.05, 4.69) is 33.0 Å². The lowest BCUT2D eigenvalue weighted by molar-refractivity contribution is -0.129. The average molecular weight is 199 g/mol. The molecule has 14 heavy (non-hydrogen) atoms. The van der Waals surface area contributed by atoms with Gasteiger partial charge in [-0.3, -0.25) is 4.79 Å². The quantitative estimate of drug-likeness (QED) is 0.741. The lowest BCUT2D eigenvalue weighted by atomic mass is 9.77. The van der Waals surface area contributed by atoms with Crippen LogP contribution in [0.1, 0.15) is 54.4 Å². The van der Waals surface area contributed by atoms with Crippen LogP contribution >= 0.6 is 0 Å². The van der Waals surface area contributed by atoms with Crippen molar-refractivity contribution in [2.24, 2.45) is 11.3 Å². The Morgan fingerprint density at radius 2 is 1.79 bits per heavy atom. The van der Waals surface area contributed by atoms with Gasteiger partial charge >= 0.3 is 0 Å². The molecule has 0 aliphatic carbocycles. The van der Waals surface area contributed by atoms with Crippen molar-refractivity contribution in [1.82, 2.24) is 5.32 Å². The van der Waals surface area contributed by atoms with Gasteiger partial charge in [0, 0.05) is 12.0 Å². The van der Waals surface area contributed by atoms with E-state index in [9.17, 15) is 4.79 Å². The van der Waals surface area contributed by atoms with Gasteiger partial charge in [-0.2, -0.15) is 0 Å². The zero-order valence-corrected chi connectivity index (χ0v) is 10.5. The molecule has 1 atom stereocenters. The molecular formula is C12H25NO. The van der Waals surface area contributed by atoms with Crippen LogP contribution in [0.3, 0.4) is 0 Å². The number of carbonyl (C=O) groups is 1. The first-order valence-corrected chi connectivity index (χ1v) is 5.59. The topological polar surface area (TPSA) is 29.1 Å². The average Bonchev–Trinajstić information content (AvgIpc) is 1.96. The Hall–Kier alpha value is -0.530. The molecule has 2 heteroatoms. The third-order valence-corrected chi connectivity index (χ3v) is 2.37. The molecule has 0 saturated heterocycles. The second kappa shape index (κ2) is 5.38. The van der Waals surface area contributed by atoms with Crippen LogP contribution in [0.5, 0.6) is 0 Å². The number of rotatable bonds is 4. The molecule has 0 aliphatic heterocycles. The summed E-state index contributed by atoms with van der Waals surface area (Å²) in [7, 11) is 0. The fourth-order valence-electron chi connectivity index (χ4n) is 1.63. The molecule has 2 nitrogen and oxygen atoms in total. The van der Waals surface area contributed by atoms with Crippen molar-refractivity contribution >= 4 is 5.91 Å². The van der Waals surface area contributed by atoms with E-state index in [-0.39, 0.29) is 23.3 Å². The smallest absolute Gasteiger partial charge is 0.223 e. The highest BCUT2D eigenvalue weighted by atomic mass is 16.1. The normalized spacial score (nSPS) is 14.2. The number of nitrogens with one attached hydrogen (secondary N) is 1. The summed E-state index contributed by atoms with van der Waals surface area (Å²) in [6, 6.07) is 0.240. The van der Waals surface area contributed by atoms with Crippen LogP contribution in [0, 0.1) is 11.3 Å². The summed E-state index contributed by atoms with van der Waals surface area (Å²) in [4.78, 5) is 11.9.